The van der Waals surface area contributed by atoms with Crippen LogP contribution in [0.2, 0.25) is 0 Å². The zero-order chi connectivity index (χ0) is 20.5. The van der Waals surface area contributed by atoms with Crippen molar-refractivity contribution in [1.29, 1.82) is 0 Å². The van der Waals surface area contributed by atoms with Gasteiger partial charge >= 0.3 is 0 Å². The number of ether oxygens (including phenoxy) is 4. The highest BCUT2D eigenvalue weighted by Gasteiger charge is 2.33. The van der Waals surface area contributed by atoms with Crippen LogP contribution in [0.4, 0.5) is 0 Å². The van der Waals surface area contributed by atoms with Crippen LogP contribution < -0.4 is 15.5 Å². The number of amides is 2. The molecule has 0 radical (unpaired) electrons. The van der Waals surface area contributed by atoms with Crippen LogP contribution in [0.3, 0.4) is 0 Å². The molecule has 1 atom stereocenters. The Hall–Kier alpha value is -2.49. The first-order valence-corrected chi connectivity index (χ1v) is 9.73. The van der Waals surface area contributed by atoms with Gasteiger partial charge in [-0.3, -0.25) is 9.59 Å². The molecule has 2 N–H and O–H groups in total. The summed E-state index contributed by atoms with van der Waals surface area (Å²) in [5.41, 5.74) is 3.23. The number of carbonyl (C=O) groups excluding carboxylic acids is 2. The fourth-order valence-corrected chi connectivity index (χ4v) is 3.05. The summed E-state index contributed by atoms with van der Waals surface area (Å²) in [7, 11) is 0. The minimum absolute atomic E-state index is 0.0564. The van der Waals surface area contributed by atoms with Crippen molar-refractivity contribution in [3.8, 4) is 5.75 Å². The van der Waals surface area contributed by atoms with E-state index in [1.807, 2.05) is 0 Å². The van der Waals surface area contributed by atoms with Gasteiger partial charge in [0.05, 0.1) is 32.0 Å². The molecular weight excluding hydrogens is 378 g/mol. The molecule has 2 aliphatic rings. The molecule has 2 fully saturated rings. The topological polar surface area (TPSA) is 107 Å². The van der Waals surface area contributed by atoms with Crippen LogP contribution in [0.1, 0.15) is 31.7 Å². The van der Waals surface area contributed by atoms with Gasteiger partial charge < -0.3 is 24.3 Å². The Morgan fingerprint density at radius 2 is 1.97 bits per heavy atom. The Labute approximate surface area is 169 Å². The van der Waals surface area contributed by atoms with E-state index >= 15 is 0 Å². The largest absolute Gasteiger partial charge is 0.484 e. The second kappa shape index (κ2) is 10.3. The summed E-state index contributed by atoms with van der Waals surface area (Å²) >= 11 is 0. The minimum atomic E-state index is -0.880. The standard InChI is InChI=1S/C20H27N3O6/c1-20(28-9-10-29-20)11-18(24)23-22-12-15-4-6-16(7-5-15)27-14-19(25)21-13-17-3-2-8-26-17/h4-7,12,17H,2-3,8-11,13-14H2,1H3,(H,21,25)(H,23,24)/b22-12-/t17-/m0/s1. The monoisotopic (exact) mass is 405 g/mol. The molecule has 2 heterocycles. The maximum atomic E-state index is 11.9. The van der Waals surface area contributed by atoms with E-state index in [2.05, 4.69) is 15.8 Å². The summed E-state index contributed by atoms with van der Waals surface area (Å²) < 4.78 is 21.7. The summed E-state index contributed by atoms with van der Waals surface area (Å²) in [4.78, 5) is 23.7. The molecular formula is C20H27N3O6. The zero-order valence-electron chi connectivity index (χ0n) is 16.5. The van der Waals surface area contributed by atoms with Crippen molar-refractivity contribution in [2.24, 2.45) is 5.10 Å². The number of nitrogens with zero attached hydrogens (tertiary/aromatic N) is 1. The SMILES string of the molecule is CC1(CC(=O)N/N=C\c2ccc(OCC(=O)NC[C@@H]3CCCO3)cc2)OCCO1. The average Bonchev–Trinajstić information content (AvgIpc) is 3.37. The Morgan fingerprint density at radius 3 is 2.66 bits per heavy atom. The third kappa shape index (κ3) is 7.12. The molecule has 2 amide bonds. The number of hydrogen-bond acceptors (Lipinski definition) is 7. The molecule has 0 aromatic heterocycles. The van der Waals surface area contributed by atoms with Gasteiger partial charge in [0, 0.05) is 13.2 Å². The quantitative estimate of drug-likeness (QED) is 0.468. The lowest BCUT2D eigenvalue weighted by atomic mass is 10.2. The lowest BCUT2D eigenvalue weighted by molar-refractivity contribution is -0.159. The number of benzene rings is 1. The first-order chi connectivity index (χ1) is 14.0. The minimum Gasteiger partial charge on any atom is -0.484 e. The normalized spacial score (nSPS) is 20.7. The van der Waals surface area contributed by atoms with Crippen molar-refractivity contribution in [2.45, 2.75) is 38.1 Å². The third-order valence-corrected chi connectivity index (χ3v) is 4.58. The fourth-order valence-electron chi connectivity index (χ4n) is 3.05. The Morgan fingerprint density at radius 1 is 1.21 bits per heavy atom. The lowest BCUT2D eigenvalue weighted by Gasteiger charge is -2.20. The molecule has 2 saturated heterocycles. The molecule has 1 aromatic carbocycles. The van der Waals surface area contributed by atoms with Crippen molar-refractivity contribution in [2.75, 3.05) is 33.0 Å². The molecule has 0 unspecified atom stereocenters. The second-order valence-electron chi connectivity index (χ2n) is 7.10. The molecule has 1 aromatic rings. The number of carbonyl (C=O) groups is 2. The van der Waals surface area contributed by atoms with Crippen LogP contribution in [0.15, 0.2) is 29.4 Å². The predicted molar refractivity (Wildman–Crippen MR) is 105 cm³/mol. The van der Waals surface area contributed by atoms with Crippen LogP contribution in [0, 0.1) is 0 Å². The van der Waals surface area contributed by atoms with Gasteiger partial charge in [-0.25, -0.2) is 5.43 Å². The lowest BCUT2D eigenvalue weighted by Crippen LogP contribution is -2.35. The van der Waals surface area contributed by atoms with Gasteiger partial charge in [0.2, 0.25) is 5.91 Å². The van der Waals surface area contributed by atoms with Gasteiger partial charge in [-0.05, 0) is 49.6 Å². The highest BCUT2D eigenvalue weighted by atomic mass is 16.7. The van der Waals surface area contributed by atoms with E-state index in [-0.39, 0.29) is 30.9 Å². The number of nitrogens with one attached hydrogen (secondary N) is 2. The van der Waals surface area contributed by atoms with Crippen molar-refractivity contribution in [3.05, 3.63) is 29.8 Å². The average molecular weight is 405 g/mol. The van der Waals surface area contributed by atoms with E-state index < -0.39 is 5.79 Å². The van der Waals surface area contributed by atoms with E-state index in [0.29, 0.717) is 25.5 Å². The van der Waals surface area contributed by atoms with Crippen LogP contribution in [0.5, 0.6) is 5.75 Å². The van der Waals surface area contributed by atoms with E-state index in [0.717, 1.165) is 25.0 Å². The summed E-state index contributed by atoms with van der Waals surface area (Å²) in [6, 6.07) is 7.02. The highest BCUT2D eigenvalue weighted by Crippen LogP contribution is 2.22. The number of hydrazone groups is 1. The maximum absolute atomic E-state index is 11.9. The summed E-state index contributed by atoms with van der Waals surface area (Å²) in [6.07, 6.45) is 3.73. The van der Waals surface area contributed by atoms with Gasteiger partial charge in [-0.1, -0.05) is 0 Å². The van der Waals surface area contributed by atoms with Crippen molar-refractivity contribution < 1.29 is 28.5 Å². The fraction of sp³-hybridized carbons (Fsp3) is 0.550. The molecule has 9 nitrogen and oxygen atoms in total. The van der Waals surface area contributed by atoms with Crippen LogP contribution in [-0.4, -0.2) is 62.9 Å². The van der Waals surface area contributed by atoms with Crippen molar-refractivity contribution in [1.82, 2.24) is 10.7 Å². The molecule has 0 aliphatic carbocycles. The molecule has 0 saturated carbocycles. The first kappa shape index (κ1) is 21.2. The Balaban J connectivity index is 1.35. The van der Waals surface area contributed by atoms with Gasteiger partial charge in [0.15, 0.2) is 12.4 Å². The summed E-state index contributed by atoms with van der Waals surface area (Å²) in [5.74, 6) is -0.783. The van der Waals surface area contributed by atoms with Crippen LogP contribution in [-0.2, 0) is 23.8 Å². The summed E-state index contributed by atoms with van der Waals surface area (Å²) in [5, 5.41) is 6.73. The van der Waals surface area contributed by atoms with Gasteiger partial charge in [-0.15, -0.1) is 0 Å². The first-order valence-electron chi connectivity index (χ1n) is 9.73. The highest BCUT2D eigenvalue weighted by molar-refractivity contribution is 5.82. The van der Waals surface area contributed by atoms with Crippen LogP contribution in [0.25, 0.3) is 0 Å². The van der Waals surface area contributed by atoms with E-state index in [4.69, 9.17) is 18.9 Å². The maximum Gasteiger partial charge on any atom is 0.258 e. The number of rotatable bonds is 9. The summed E-state index contributed by atoms with van der Waals surface area (Å²) in [6.45, 7) is 3.92. The smallest absolute Gasteiger partial charge is 0.258 e. The number of hydrogen-bond donors (Lipinski definition) is 2. The molecule has 9 heteroatoms. The molecule has 0 bridgehead atoms. The third-order valence-electron chi connectivity index (χ3n) is 4.58. The molecule has 2 aliphatic heterocycles. The van der Waals surface area contributed by atoms with Gasteiger partial charge in [0.25, 0.3) is 5.91 Å². The second-order valence-corrected chi connectivity index (χ2v) is 7.10. The predicted octanol–water partition coefficient (Wildman–Crippen LogP) is 0.964. The molecule has 3 rings (SSSR count). The molecule has 158 valence electrons. The Kier molecular flexibility index (Phi) is 7.56. The van der Waals surface area contributed by atoms with Crippen molar-refractivity contribution in [3.63, 3.8) is 0 Å². The van der Waals surface area contributed by atoms with E-state index in [1.54, 1.807) is 31.2 Å². The van der Waals surface area contributed by atoms with Gasteiger partial charge in [0.1, 0.15) is 5.75 Å². The van der Waals surface area contributed by atoms with E-state index in [9.17, 15) is 9.59 Å². The van der Waals surface area contributed by atoms with Crippen LogP contribution >= 0.6 is 0 Å². The van der Waals surface area contributed by atoms with Crippen molar-refractivity contribution >= 4 is 18.0 Å². The molecule has 29 heavy (non-hydrogen) atoms. The van der Waals surface area contributed by atoms with Gasteiger partial charge in [-0.2, -0.15) is 5.10 Å². The van der Waals surface area contributed by atoms with E-state index in [1.165, 1.54) is 6.21 Å². The molecule has 0 spiro atoms. The Bertz CT molecular complexity index is 709. The zero-order valence-corrected chi connectivity index (χ0v) is 16.5.